The van der Waals surface area contributed by atoms with Crippen molar-refractivity contribution in [2.45, 2.75) is 89.2 Å². The van der Waals surface area contributed by atoms with Gasteiger partial charge in [-0.15, -0.1) is 0 Å². The van der Waals surface area contributed by atoms with Gasteiger partial charge in [0.25, 0.3) is 0 Å². The number of aliphatic hydroxyl groups is 1. The van der Waals surface area contributed by atoms with Crippen LogP contribution in [0, 0.1) is 0 Å². The largest absolute Gasteiger partial charge is 0.493 e. The zero-order chi connectivity index (χ0) is 21.7. The van der Waals surface area contributed by atoms with Crippen molar-refractivity contribution < 1.29 is 19.0 Å². The van der Waals surface area contributed by atoms with Crippen LogP contribution >= 0.6 is 0 Å². The monoisotopic (exact) mass is 423 g/mol. The molecule has 0 spiro atoms. The van der Waals surface area contributed by atoms with Crippen molar-refractivity contribution in [2.75, 3.05) is 20.8 Å². The summed E-state index contributed by atoms with van der Waals surface area (Å²) in [6.45, 7) is 11.8. The van der Waals surface area contributed by atoms with E-state index in [1.807, 2.05) is 6.07 Å². The lowest BCUT2D eigenvalue weighted by Crippen LogP contribution is -2.50. The molecule has 0 saturated carbocycles. The number of unbranched alkanes of at least 4 members (excludes halogenated alkanes) is 1. The maximum atomic E-state index is 9.16. The second-order valence-electron chi connectivity index (χ2n) is 9.72. The topological polar surface area (TPSA) is 60.0 Å². The van der Waals surface area contributed by atoms with Gasteiger partial charge in [-0.1, -0.05) is 26.8 Å². The first-order valence-corrected chi connectivity index (χ1v) is 13.8. The minimum atomic E-state index is -1.84. The molecule has 1 saturated heterocycles. The second kappa shape index (κ2) is 10.3. The van der Waals surface area contributed by atoms with Crippen LogP contribution in [0.1, 0.15) is 64.5 Å². The van der Waals surface area contributed by atoms with Gasteiger partial charge in [0, 0.05) is 24.8 Å². The van der Waals surface area contributed by atoms with E-state index in [0.717, 1.165) is 43.6 Å². The highest BCUT2D eigenvalue weighted by Gasteiger charge is 2.41. The third-order valence-corrected chi connectivity index (χ3v) is 11.1. The Labute approximate surface area is 178 Å². The molecule has 0 unspecified atom stereocenters. The summed E-state index contributed by atoms with van der Waals surface area (Å²) in [6, 6.07) is 6.80. The zero-order valence-electron chi connectivity index (χ0n) is 19.4. The molecule has 1 fully saturated rings. The summed E-state index contributed by atoms with van der Waals surface area (Å²) in [5.74, 6) is 1.51. The van der Waals surface area contributed by atoms with E-state index in [4.69, 9.17) is 19.0 Å². The van der Waals surface area contributed by atoms with Crippen molar-refractivity contribution in [1.29, 1.82) is 0 Å². The van der Waals surface area contributed by atoms with Crippen molar-refractivity contribution in [3.05, 3.63) is 23.8 Å². The van der Waals surface area contributed by atoms with Crippen LogP contribution in [0.15, 0.2) is 18.2 Å². The molecular weight excluding hydrogens is 382 g/mol. The number of ether oxygens (including phenoxy) is 2. The number of piperidine rings is 1. The third kappa shape index (κ3) is 6.45. The van der Waals surface area contributed by atoms with Gasteiger partial charge in [-0.25, -0.2) is 0 Å². The van der Waals surface area contributed by atoms with Crippen molar-refractivity contribution in [1.82, 2.24) is 5.32 Å². The third-order valence-electron chi connectivity index (χ3n) is 6.52. The Balaban J connectivity index is 2.22. The van der Waals surface area contributed by atoms with E-state index in [9.17, 15) is 0 Å². The number of hydrogen-bond acceptors (Lipinski definition) is 5. The fourth-order valence-corrected chi connectivity index (χ4v) is 5.17. The zero-order valence-corrected chi connectivity index (χ0v) is 20.4. The molecule has 1 aromatic carbocycles. The molecule has 0 bridgehead atoms. The minimum absolute atomic E-state index is 0.198. The average molecular weight is 424 g/mol. The highest BCUT2D eigenvalue weighted by Crippen LogP contribution is 2.41. The smallest absolute Gasteiger partial charge is 0.192 e. The molecule has 6 heteroatoms. The van der Waals surface area contributed by atoms with Gasteiger partial charge in [-0.2, -0.15) is 0 Å². The van der Waals surface area contributed by atoms with E-state index < -0.39 is 8.32 Å². The van der Waals surface area contributed by atoms with Crippen LogP contribution in [0.2, 0.25) is 18.1 Å². The van der Waals surface area contributed by atoms with E-state index in [2.05, 4.69) is 51.3 Å². The van der Waals surface area contributed by atoms with E-state index >= 15 is 0 Å². The van der Waals surface area contributed by atoms with Crippen LogP contribution in [0.3, 0.4) is 0 Å². The predicted molar refractivity (Wildman–Crippen MR) is 121 cm³/mol. The molecule has 0 radical (unpaired) electrons. The highest BCUT2D eigenvalue weighted by molar-refractivity contribution is 6.74. The lowest BCUT2D eigenvalue weighted by Gasteiger charge is -2.44. The normalized spacial score (nSPS) is 23.1. The Bertz CT molecular complexity index is 644. The van der Waals surface area contributed by atoms with Gasteiger partial charge in [-0.05, 0) is 67.9 Å². The minimum Gasteiger partial charge on any atom is -0.493 e. The van der Waals surface area contributed by atoms with Crippen LogP contribution in [0.25, 0.3) is 0 Å². The average Bonchev–Trinajstić information content (AvgIpc) is 2.66. The van der Waals surface area contributed by atoms with Gasteiger partial charge in [0.05, 0.1) is 14.2 Å². The molecule has 1 heterocycles. The molecule has 0 aliphatic carbocycles. The van der Waals surface area contributed by atoms with E-state index in [-0.39, 0.29) is 23.8 Å². The molecule has 1 aromatic rings. The summed E-state index contributed by atoms with van der Waals surface area (Å²) < 4.78 is 17.7. The van der Waals surface area contributed by atoms with Gasteiger partial charge in [0.1, 0.15) is 0 Å². The molecule has 1 aliphatic rings. The quantitative estimate of drug-likeness (QED) is 0.430. The molecule has 0 aromatic heterocycles. The fourth-order valence-electron chi connectivity index (χ4n) is 3.79. The first kappa shape index (κ1) is 24.2. The van der Waals surface area contributed by atoms with Crippen LogP contribution in [-0.2, 0) is 4.43 Å². The number of nitrogens with one attached hydrogen (secondary N) is 1. The molecule has 0 amide bonds. The van der Waals surface area contributed by atoms with E-state index in [1.165, 1.54) is 5.56 Å². The van der Waals surface area contributed by atoms with Gasteiger partial charge in [0.2, 0.25) is 0 Å². The lowest BCUT2D eigenvalue weighted by atomic mass is 9.89. The molecule has 1 aliphatic heterocycles. The van der Waals surface area contributed by atoms with Crippen molar-refractivity contribution in [3.8, 4) is 11.5 Å². The Morgan fingerprint density at radius 1 is 1.07 bits per heavy atom. The van der Waals surface area contributed by atoms with Crippen LogP contribution in [-0.4, -0.2) is 46.4 Å². The molecule has 2 rings (SSSR count). The maximum Gasteiger partial charge on any atom is 0.192 e. The second-order valence-corrected chi connectivity index (χ2v) is 14.5. The SMILES string of the molecule is COc1ccc([C@@H]2C[C@H](O[Si](C)(C)C(C)(C)C)C[C@H](CCCCO)N2)cc1OC. The predicted octanol–water partition coefficient (Wildman–Crippen LogP) is 5.05. The van der Waals surface area contributed by atoms with Gasteiger partial charge in [-0.3, -0.25) is 0 Å². The first-order valence-electron chi connectivity index (χ1n) is 10.9. The summed E-state index contributed by atoms with van der Waals surface area (Å²) in [5.41, 5.74) is 1.21. The molecule has 29 heavy (non-hydrogen) atoms. The Morgan fingerprint density at radius 3 is 2.34 bits per heavy atom. The summed E-state index contributed by atoms with van der Waals surface area (Å²) in [7, 11) is 1.51. The van der Waals surface area contributed by atoms with Crippen LogP contribution < -0.4 is 14.8 Å². The number of hydrogen-bond donors (Lipinski definition) is 2. The summed E-state index contributed by atoms with van der Waals surface area (Å²) >= 11 is 0. The molecule has 3 atom stereocenters. The van der Waals surface area contributed by atoms with Crippen LogP contribution in [0.4, 0.5) is 0 Å². The Kier molecular flexibility index (Phi) is 8.58. The number of benzene rings is 1. The Morgan fingerprint density at radius 2 is 1.76 bits per heavy atom. The number of rotatable bonds is 9. The molecular formula is C23H41NO4Si. The number of aliphatic hydroxyl groups excluding tert-OH is 1. The standard InChI is InChI=1S/C23H41NO4Si/c1-23(2,3)29(6,7)28-19-15-18(10-8-9-13-25)24-20(16-19)17-11-12-21(26-4)22(14-17)27-5/h11-12,14,18-20,24-25H,8-10,13,15-16H2,1-7H3/t18-,19+,20-/m0/s1. The van der Waals surface area contributed by atoms with Crippen molar-refractivity contribution in [3.63, 3.8) is 0 Å². The van der Waals surface area contributed by atoms with E-state index in [1.54, 1.807) is 14.2 Å². The number of methoxy groups -OCH3 is 2. The molecule has 2 N–H and O–H groups in total. The first-order chi connectivity index (χ1) is 13.6. The van der Waals surface area contributed by atoms with Gasteiger partial charge < -0.3 is 24.3 Å². The van der Waals surface area contributed by atoms with Crippen molar-refractivity contribution in [2.24, 2.45) is 0 Å². The summed E-state index contributed by atoms with van der Waals surface area (Å²) in [4.78, 5) is 0. The fraction of sp³-hybridized carbons (Fsp3) is 0.739. The highest BCUT2D eigenvalue weighted by atomic mass is 28.4. The molecule has 5 nitrogen and oxygen atoms in total. The molecule has 166 valence electrons. The summed E-state index contributed by atoms with van der Waals surface area (Å²) in [5, 5.41) is 13.2. The van der Waals surface area contributed by atoms with E-state index in [0.29, 0.717) is 6.04 Å². The maximum absolute atomic E-state index is 9.16. The lowest BCUT2D eigenvalue weighted by molar-refractivity contribution is 0.0978. The Hall–Kier alpha value is -1.08. The van der Waals surface area contributed by atoms with Gasteiger partial charge in [0.15, 0.2) is 19.8 Å². The van der Waals surface area contributed by atoms with Crippen molar-refractivity contribution >= 4 is 8.32 Å². The van der Waals surface area contributed by atoms with Gasteiger partial charge >= 0.3 is 0 Å². The van der Waals surface area contributed by atoms with Crippen LogP contribution in [0.5, 0.6) is 11.5 Å². The summed E-state index contributed by atoms with van der Waals surface area (Å²) in [6.07, 6.45) is 5.17.